The maximum Gasteiger partial charge on any atom is 0.231 e. The number of ketones is 1. The third-order valence-electron chi connectivity index (χ3n) is 3.09. The van der Waals surface area contributed by atoms with Crippen molar-refractivity contribution >= 4 is 5.78 Å². The van der Waals surface area contributed by atoms with Crippen LogP contribution >= 0.6 is 0 Å². The normalized spacial score (nSPS) is 22.4. The van der Waals surface area contributed by atoms with E-state index >= 15 is 0 Å². The smallest absolute Gasteiger partial charge is 0.231 e. The van der Waals surface area contributed by atoms with Gasteiger partial charge in [-0.15, -0.1) is 0 Å². The molecule has 0 amide bonds. The summed E-state index contributed by atoms with van der Waals surface area (Å²) in [5.74, 6) is 1.71. The number of carbonyl (C=O) groups is 1. The van der Waals surface area contributed by atoms with Crippen molar-refractivity contribution in [1.29, 1.82) is 0 Å². The average Bonchev–Trinajstić information content (AvgIpc) is 2.98. The molecule has 0 bridgehead atoms. The monoisotopic (exact) mass is 219 g/mol. The Labute approximate surface area is 93.5 Å². The summed E-state index contributed by atoms with van der Waals surface area (Å²) in [6.45, 7) is 1.96. The number of carbonyl (C=O) groups excluding carboxylic acids is 1. The molecule has 0 aromatic heterocycles. The zero-order valence-corrected chi connectivity index (χ0v) is 8.86. The van der Waals surface area contributed by atoms with Crippen LogP contribution in [0.5, 0.6) is 11.5 Å². The van der Waals surface area contributed by atoms with Crippen molar-refractivity contribution in [1.82, 2.24) is 5.32 Å². The molecule has 1 aromatic carbocycles. The van der Waals surface area contributed by atoms with Gasteiger partial charge in [-0.25, -0.2) is 0 Å². The van der Waals surface area contributed by atoms with E-state index in [1.54, 1.807) is 12.1 Å². The topological polar surface area (TPSA) is 47.6 Å². The van der Waals surface area contributed by atoms with Crippen molar-refractivity contribution < 1.29 is 14.3 Å². The molecule has 84 valence electrons. The van der Waals surface area contributed by atoms with Gasteiger partial charge in [0, 0.05) is 18.0 Å². The second-order valence-corrected chi connectivity index (χ2v) is 4.12. The molecule has 0 radical (unpaired) electrons. The van der Waals surface area contributed by atoms with Gasteiger partial charge < -0.3 is 14.8 Å². The van der Waals surface area contributed by atoms with Crippen LogP contribution in [0.2, 0.25) is 0 Å². The molecule has 3 rings (SSSR count). The first kappa shape index (κ1) is 9.66. The van der Waals surface area contributed by atoms with Gasteiger partial charge in [0.15, 0.2) is 17.3 Å². The summed E-state index contributed by atoms with van der Waals surface area (Å²) in [6, 6.07) is 5.40. The van der Waals surface area contributed by atoms with E-state index in [-0.39, 0.29) is 18.5 Å². The van der Waals surface area contributed by atoms with Crippen molar-refractivity contribution in [3.63, 3.8) is 0 Å². The van der Waals surface area contributed by atoms with E-state index in [4.69, 9.17) is 9.47 Å². The lowest BCUT2D eigenvalue weighted by Gasteiger charge is -2.07. The van der Waals surface area contributed by atoms with Gasteiger partial charge in [-0.3, -0.25) is 4.79 Å². The van der Waals surface area contributed by atoms with E-state index in [0.717, 1.165) is 30.8 Å². The van der Waals surface area contributed by atoms with Gasteiger partial charge in [0.1, 0.15) is 0 Å². The van der Waals surface area contributed by atoms with Crippen LogP contribution in [0.1, 0.15) is 16.8 Å². The number of Topliss-reactive ketones (excluding diaryl/α,β-unsaturated/α-hetero) is 1. The molecule has 4 heteroatoms. The van der Waals surface area contributed by atoms with Gasteiger partial charge >= 0.3 is 0 Å². The lowest BCUT2D eigenvalue weighted by atomic mass is 9.97. The van der Waals surface area contributed by atoms with Crippen LogP contribution in [0.4, 0.5) is 0 Å². The summed E-state index contributed by atoms with van der Waals surface area (Å²) < 4.78 is 10.5. The summed E-state index contributed by atoms with van der Waals surface area (Å²) in [7, 11) is 0. The molecule has 1 aromatic rings. The highest BCUT2D eigenvalue weighted by Gasteiger charge is 2.25. The van der Waals surface area contributed by atoms with Crippen molar-refractivity contribution in [2.24, 2.45) is 5.92 Å². The Hall–Kier alpha value is -1.55. The van der Waals surface area contributed by atoms with Crippen LogP contribution in [0.15, 0.2) is 18.2 Å². The van der Waals surface area contributed by atoms with E-state index in [1.165, 1.54) is 0 Å². The minimum Gasteiger partial charge on any atom is -0.454 e. The van der Waals surface area contributed by atoms with Gasteiger partial charge in [-0.05, 0) is 31.2 Å². The lowest BCUT2D eigenvalue weighted by molar-refractivity contribution is 0.0930. The van der Waals surface area contributed by atoms with Crippen LogP contribution in [0, 0.1) is 5.92 Å². The van der Waals surface area contributed by atoms with Gasteiger partial charge in [-0.2, -0.15) is 0 Å². The van der Waals surface area contributed by atoms with Crippen LogP contribution in [0.25, 0.3) is 0 Å². The summed E-state index contributed by atoms with van der Waals surface area (Å²) in [5, 5.41) is 3.20. The third-order valence-corrected chi connectivity index (χ3v) is 3.09. The molecule has 2 heterocycles. The second-order valence-electron chi connectivity index (χ2n) is 4.12. The highest BCUT2D eigenvalue weighted by atomic mass is 16.7. The number of fused-ring (bicyclic) bond motifs is 1. The third kappa shape index (κ3) is 1.55. The quantitative estimate of drug-likeness (QED) is 0.759. The predicted octanol–water partition coefficient (Wildman–Crippen LogP) is 1.21. The number of nitrogens with one attached hydrogen (secondary N) is 1. The standard InChI is InChI=1S/C12H13NO3/c14-12(9-3-4-13-6-9)8-1-2-10-11(5-8)16-7-15-10/h1-2,5,9,13H,3-4,6-7H2. The number of rotatable bonds is 2. The summed E-state index contributed by atoms with van der Waals surface area (Å²) in [4.78, 5) is 12.1. The maximum absolute atomic E-state index is 12.1. The molecule has 4 nitrogen and oxygen atoms in total. The lowest BCUT2D eigenvalue weighted by Crippen LogP contribution is -2.17. The number of benzene rings is 1. The number of ether oxygens (including phenoxy) is 2. The molecule has 16 heavy (non-hydrogen) atoms. The molecule has 1 N–H and O–H groups in total. The molecule has 2 aliphatic heterocycles. The van der Waals surface area contributed by atoms with Gasteiger partial charge in [0.2, 0.25) is 6.79 Å². The molecule has 1 atom stereocenters. The highest BCUT2D eigenvalue weighted by Crippen LogP contribution is 2.33. The van der Waals surface area contributed by atoms with E-state index in [0.29, 0.717) is 5.75 Å². The molecule has 0 saturated carbocycles. The molecular formula is C12H13NO3. The Morgan fingerprint density at radius 1 is 1.31 bits per heavy atom. The zero-order chi connectivity index (χ0) is 11.0. The van der Waals surface area contributed by atoms with Crippen molar-refractivity contribution in [2.45, 2.75) is 6.42 Å². The molecule has 1 fully saturated rings. The van der Waals surface area contributed by atoms with Gasteiger partial charge in [0.25, 0.3) is 0 Å². The fourth-order valence-corrected chi connectivity index (χ4v) is 2.16. The maximum atomic E-state index is 12.1. The fraction of sp³-hybridized carbons (Fsp3) is 0.417. The van der Waals surface area contributed by atoms with E-state index in [2.05, 4.69) is 5.32 Å². The van der Waals surface area contributed by atoms with Crippen LogP contribution in [-0.4, -0.2) is 25.7 Å². The van der Waals surface area contributed by atoms with Crippen molar-refractivity contribution in [3.8, 4) is 11.5 Å². The van der Waals surface area contributed by atoms with Crippen LogP contribution in [-0.2, 0) is 0 Å². The number of hydrogen-bond donors (Lipinski definition) is 1. The minimum atomic E-state index is 0.111. The Morgan fingerprint density at radius 3 is 3.00 bits per heavy atom. The van der Waals surface area contributed by atoms with Crippen molar-refractivity contribution in [3.05, 3.63) is 23.8 Å². The second kappa shape index (κ2) is 3.79. The molecule has 1 saturated heterocycles. The molecule has 1 unspecified atom stereocenters. The summed E-state index contributed by atoms with van der Waals surface area (Å²) in [6.07, 6.45) is 0.924. The Morgan fingerprint density at radius 2 is 2.19 bits per heavy atom. The number of hydrogen-bond acceptors (Lipinski definition) is 4. The van der Waals surface area contributed by atoms with Crippen LogP contribution < -0.4 is 14.8 Å². The minimum absolute atomic E-state index is 0.111. The Bertz CT molecular complexity index is 424. The molecule has 0 spiro atoms. The molecule has 2 aliphatic rings. The predicted molar refractivity (Wildman–Crippen MR) is 57.9 cm³/mol. The van der Waals surface area contributed by atoms with Gasteiger partial charge in [-0.1, -0.05) is 0 Å². The van der Waals surface area contributed by atoms with E-state index in [9.17, 15) is 4.79 Å². The van der Waals surface area contributed by atoms with E-state index in [1.807, 2.05) is 6.07 Å². The average molecular weight is 219 g/mol. The Balaban J connectivity index is 1.86. The SMILES string of the molecule is O=C(c1ccc2c(c1)OCO2)C1CCNC1. The first-order valence-electron chi connectivity index (χ1n) is 5.49. The highest BCUT2D eigenvalue weighted by molar-refractivity contribution is 5.98. The molecular weight excluding hydrogens is 206 g/mol. The zero-order valence-electron chi connectivity index (χ0n) is 8.86. The Kier molecular flexibility index (Phi) is 2.29. The summed E-state index contributed by atoms with van der Waals surface area (Å²) in [5.41, 5.74) is 0.720. The first-order chi connectivity index (χ1) is 7.84. The summed E-state index contributed by atoms with van der Waals surface area (Å²) >= 11 is 0. The van der Waals surface area contributed by atoms with Gasteiger partial charge in [0.05, 0.1) is 0 Å². The fourth-order valence-electron chi connectivity index (χ4n) is 2.16. The molecule has 0 aliphatic carbocycles. The van der Waals surface area contributed by atoms with E-state index < -0.39 is 0 Å². The first-order valence-corrected chi connectivity index (χ1v) is 5.49. The largest absolute Gasteiger partial charge is 0.454 e. The van der Waals surface area contributed by atoms with Crippen molar-refractivity contribution in [2.75, 3.05) is 19.9 Å². The van der Waals surface area contributed by atoms with Crippen LogP contribution in [0.3, 0.4) is 0 Å².